The van der Waals surface area contributed by atoms with E-state index in [1.165, 1.54) is 50.7 Å². The minimum Gasteiger partial charge on any atom is -0.872 e. The van der Waals surface area contributed by atoms with E-state index in [0.29, 0.717) is 32.8 Å². The summed E-state index contributed by atoms with van der Waals surface area (Å²) in [6, 6.07) is 13.7. The fourth-order valence-electron chi connectivity index (χ4n) is 4.25. The van der Waals surface area contributed by atoms with Gasteiger partial charge in [0.2, 0.25) is 0 Å². The van der Waals surface area contributed by atoms with Crippen LogP contribution in [0.15, 0.2) is 58.7 Å². The van der Waals surface area contributed by atoms with E-state index >= 15 is 0 Å². The molecule has 0 aliphatic carbocycles. The van der Waals surface area contributed by atoms with Crippen LogP contribution in [0.1, 0.15) is 63.5 Å². The van der Waals surface area contributed by atoms with Gasteiger partial charge in [-0.15, -0.1) is 0 Å². The maximum atomic E-state index is 11.7. The second-order valence-electron chi connectivity index (χ2n) is 9.32. The topological polar surface area (TPSA) is 101 Å². The number of nitrogens with one attached hydrogen (secondary N) is 2. The number of para-hydroxylation sites is 2. The van der Waals surface area contributed by atoms with E-state index < -0.39 is 0 Å². The number of thiocarbonyl (C=S) groups is 2. The maximum Gasteiger partial charge on any atom is 2.00 e. The van der Waals surface area contributed by atoms with E-state index in [1.54, 1.807) is 24.3 Å². The number of likely N-dealkylation sites (tertiary alicyclic amines) is 2. The smallest absolute Gasteiger partial charge is 0.872 e. The Morgan fingerprint density at radius 2 is 0.950 bits per heavy atom. The SMILES string of the molecule is CC(=NNC(=S)N1CCCCC1)c1ccccc1[O-].CC(=NNC(=S)N1CCCCC1)c1ccccc1[O-].[Ni+2].[Ni+2]. The summed E-state index contributed by atoms with van der Waals surface area (Å²) in [7, 11) is 0. The van der Waals surface area contributed by atoms with Gasteiger partial charge in [0.25, 0.3) is 0 Å². The standard InChI is InChI=1S/2C14H19N3OS.2Ni/c2*1-11(12-7-3-4-8-13(12)18)15-16-14(19)17-9-5-2-6-10-17;;/h2*3-4,7-8,18H,2,5-6,9-10H2,1H3,(H,16,19);;/q;;2*+2/p-2. The first kappa shape index (κ1) is 35.8. The number of nitrogens with zero attached hydrogens (tertiary/aromatic N) is 4. The molecule has 2 aromatic rings. The molecule has 0 spiro atoms. The van der Waals surface area contributed by atoms with E-state index in [0.717, 1.165) is 26.2 Å². The Balaban J connectivity index is 0.000000381. The molecular weight excluding hydrogens is 634 g/mol. The molecule has 4 rings (SSSR count). The van der Waals surface area contributed by atoms with Crippen LogP contribution in [0.25, 0.3) is 0 Å². The van der Waals surface area contributed by atoms with Crippen molar-refractivity contribution >= 4 is 46.1 Å². The van der Waals surface area contributed by atoms with E-state index in [2.05, 4.69) is 30.9 Å². The van der Waals surface area contributed by atoms with Crippen LogP contribution in [0, 0.1) is 0 Å². The number of hydrogen-bond acceptors (Lipinski definition) is 6. The summed E-state index contributed by atoms with van der Waals surface area (Å²) >= 11 is 10.6. The van der Waals surface area contributed by atoms with Crippen molar-refractivity contribution in [1.82, 2.24) is 20.7 Å². The van der Waals surface area contributed by atoms with Gasteiger partial charge in [0.05, 0.1) is 11.4 Å². The fourth-order valence-corrected chi connectivity index (χ4v) is 4.71. The predicted octanol–water partition coefficient (Wildman–Crippen LogP) is 3.68. The Labute approximate surface area is 268 Å². The molecule has 2 N–H and O–H groups in total. The summed E-state index contributed by atoms with van der Waals surface area (Å²) in [4.78, 5) is 4.25. The van der Waals surface area contributed by atoms with Crippen molar-refractivity contribution < 1.29 is 43.2 Å². The number of rotatable bonds is 4. The average Bonchev–Trinajstić information content (AvgIpc) is 2.96. The van der Waals surface area contributed by atoms with Crippen molar-refractivity contribution in [3.8, 4) is 11.5 Å². The number of piperidine rings is 2. The second kappa shape index (κ2) is 19.0. The quantitative estimate of drug-likeness (QED) is 0.220. The normalized spacial score (nSPS) is 15.4. The van der Waals surface area contributed by atoms with Crippen LogP contribution in [0.2, 0.25) is 0 Å². The second-order valence-corrected chi connectivity index (χ2v) is 10.1. The molecule has 12 heteroatoms. The minimum atomic E-state index is -0.0190. The summed E-state index contributed by atoms with van der Waals surface area (Å²) < 4.78 is 0. The van der Waals surface area contributed by atoms with Gasteiger partial charge in [0, 0.05) is 26.2 Å². The molecule has 2 fully saturated rings. The summed E-state index contributed by atoms with van der Waals surface area (Å²) in [6.07, 6.45) is 7.24. The summed E-state index contributed by atoms with van der Waals surface area (Å²) in [5.41, 5.74) is 8.30. The van der Waals surface area contributed by atoms with E-state index in [4.69, 9.17) is 24.4 Å². The first-order valence-electron chi connectivity index (χ1n) is 13.1. The third-order valence-corrected chi connectivity index (χ3v) is 7.18. The molecule has 2 aromatic carbocycles. The average molecular weight is 670 g/mol. The van der Waals surface area contributed by atoms with Crippen LogP contribution in [0.4, 0.5) is 0 Å². The van der Waals surface area contributed by atoms with E-state index in [1.807, 2.05) is 26.0 Å². The van der Waals surface area contributed by atoms with Crippen molar-refractivity contribution in [3.05, 3.63) is 59.7 Å². The summed E-state index contributed by atoms with van der Waals surface area (Å²) in [6.45, 7) is 7.55. The third kappa shape index (κ3) is 11.3. The zero-order valence-corrected chi connectivity index (χ0v) is 26.4. The zero-order valence-electron chi connectivity index (χ0n) is 22.7. The molecule has 0 aromatic heterocycles. The molecule has 220 valence electrons. The Bertz CT molecular complexity index is 1060. The monoisotopic (exact) mass is 668 g/mol. The van der Waals surface area contributed by atoms with Gasteiger partial charge < -0.3 is 20.0 Å². The van der Waals surface area contributed by atoms with Gasteiger partial charge in [-0.25, -0.2) is 0 Å². The van der Waals surface area contributed by atoms with Crippen molar-refractivity contribution in [3.63, 3.8) is 0 Å². The third-order valence-electron chi connectivity index (χ3n) is 6.48. The largest absolute Gasteiger partial charge is 2.00 e. The molecule has 2 heterocycles. The molecule has 0 radical (unpaired) electrons. The van der Waals surface area contributed by atoms with Gasteiger partial charge in [-0.05, 0) is 87.9 Å². The number of hydrazone groups is 2. The first-order valence-corrected chi connectivity index (χ1v) is 13.9. The first-order chi connectivity index (χ1) is 18.4. The molecule has 8 nitrogen and oxygen atoms in total. The molecular formula is C28H36N6Ni2O2S2+2. The molecule has 40 heavy (non-hydrogen) atoms. The Kier molecular flexibility index (Phi) is 17.0. The van der Waals surface area contributed by atoms with Crippen LogP contribution < -0.4 is 21.1 Å². The van der Waals surface area contributed by atoms with E-state index in [9.17, 15) is 10.2 Å². The van der Waals surface area contributed by atoms with Crippen LogP contribution in [-0.2, 0) is 33.0 Å². The van der Waals surface area contributed by atoms with Crippen molar-refractivity contribution in [2.24, 2.45) is 10.2 Å². The van der Waals surface area contributed by atoms with Crippen molar-refractivity contribution in [1.29, 1.82) is 0 Å². The van der Waals surface area contributed by atoms with E-state index in [-0.39, 0.29) is 44.5 Å². The number of benzene rings is 2. The maximum absolute atomic E-state index is 11.7. The molecule has 0 unspecified atom stereocenters. The van der Waals surface area contributed by atoms with Gasteiger partial charge >= 0.3 is 33.0 Å². The van der Waals surface area contributed by atoms with Gasteiger partial charge in [0.1, 0.15) is 0 Å². The van der Waals surface area contributed by atoms with Crippen LogP contribution >= 0.6 is 24.4 Å². The molecule has 0 bridgehead atoms. The fraction of sp³-hybridized carbons (Fsp3) is 0.429. The zero-order chi connectivity index (χ0) is 27.3. The van der Waals surface area contributed by atoms with Crippen molar-refractivity contribution in [2.75, 3.05) is 26.2 Å². The summed E-state index contributed by atoms with van der Waals surface area (Å²) in [5.74, 6) is -0.0381. The number of hydrogen-bond donors (Lipinski definition) is 2. The Hall–Kier alpha value is -2.25. The van der Waals surface area contributed by atoms with Crippen molar-refractivity contribution in [2.45, 2.75) is 52.4 Å². The molecule has 0 saturated carbocycles. The van der Waals surface area contributed by atoms with Gasteiger partial charge in [0.15, 0.2) is 10.2 Å². The van der Waals surface area contributed by atoms with Gasteiger partial charge in [-0.1, -0.05) is 60.0 Å². The Morgan fingerprint density at radius 1 is 0.625 bits per heavy atom. The summed E-state index contributed by atoms with van der Waals surface area (Å²) in [5, 5.41) is 33.0. The molecule has 0 atom stereocenters. The molecule has 2 aliphatic heterocycles. The van der Waals surface area contributed by atoms with Crippen LogP contribution in [0.3, 0.4) is 0 Å². The van der Waals surface area contributed by atoms with Gasteiger partial charge in [-0.3, -0.25) is 10.9 Å². The predicted molar refractivity (Wildman–Crippen MR) is 159 cm³/mol. The van der Waals surface area contributed by atoms with Gasteiger partial charge in [-0.2, -0.15) is 10.2 Å². The van der Waals surface area contributed by atoms with Crippen LogP contribution in [-0.4, -0.2) is 57.6 Å². The molecule has 2 saturated heterocycles. The molecule has 0 amide bonds. The van der Waals surface area contributed by atoms with Crippen LogP contribution in [0.5, 0.6) is 11.5 Å². The Morgan fingerprint density at radius 3 is 1.27 bits per heavy atom. The molecule has 2 aliphatic rings. The minimum absolute atomic E-state index is 0.